The Morgan fingerprint density at radius 2 is 1.62 bits per heavy atom. The van der Waals surface area contributed by atoms with E-state index in [9.17, 15) is 0 Å². The summed E-state index contributed by atoms with van der Waals surface area (Å²) in [5, 5.41) is 4.44. The Morgan fingerprint density at radius 3 is 2.38 bits per heavy atom. The summed E-state index contributed by atoms with van der Waals surface area (Å²) < 4.78 is 0. The fraction of sp³-hybridized carbons (Fsp3) is 0.136. The van der Waals surface area contributed by atoms with Gasteiger partial charge in [0.25, 0.3) is 0 Å². The largest absolute Gasteiger partial charge is 0.365 e. The van der Waals surface area contributed by atoms with Gasteiger partial charge < -0.3 is 5.32 Å². The summed E-state index contributed by atoms with van der Waals surface area (Å²) in [6, 6.07) is 18.9. The lowest BCUT2D eigenvalue weighted by molar-refractivity contribution is 1.06. The SMILES string of the molecule is Cc1ccc(-c2ccc3ncnc(NCc4ccc(C)nc4)c3c2)cc1. The van der Waals surface area contributed by atoms with Crippen molar-refractivity contribution in [2.24, 2.45) is 0 Å². The molecule has 0 amide bonds. The van der Waals surface area contributed by atoms with Crippen LogP contribution in [0.3, 0.4) is 0 Å². The van der Waals surface area contributed by atoms with Crippen LogP contribution in [0.15, 0.2) is 67.1 Å². The fourth-order valence-corrected chi connectivity index (χ4v) is 2.91. The van der Waals surface area contributed by atoms with Crippen LogP contribution < -0.4 is 5.32 Å². The predicted molar refractivity (Wildman–Crippen MR) is 106 cm³/mol. The highest BCUT2D eigenvalue weighted by Gasteiger charge is 2.06. The van der Waals surface area contributed by atoms with E-state index >= 15 is 0 Å². The molecule has 1 N–H and O–H groups in total. The van der Waals surface area contributed by atoms with E-state index in [-0.39, 0.29) is 0 Å². The van der Waals surface area contributed by atoms with Crippen LogP contribution in [0.2, 0.25) is 0 Å². The van der Waals surface area contributed by atoms with Crippen molar-refractivity contribution in [1.29, 1.82) is 0 Å². The Balaban J connectivity index is 1.66. The van der Waals surface area contributed by atoms with Gasteiger partial charge in [0.1, 0.15) is 12.1 Å². The second-order valence-electron chi connectivity index (χ2n) is 6.48. The quantitative estimate of drug-likeness (QED) is 0.573. The molecule has 4 rings (SSSR count). The maximum Gasteiger partial charge on any atom is 0.137 e. The van der Waals surface area contributed by atoms with Gasteiger partial charge in [-0.2, -0.15) is 0 Å². The van der Waals surface area contributed by atoms with E-state index in [0.29, 0.717) is 6.54 Å². The molecule has 0 saturated carbocycles. The van der Waals surface area contributed by atoms with Gasteiger partial charge in [0.05, 0.1) is 5.52 Å². The van der Waals surface area contributed by atoms with E-state index in [1.165, 1.54) is 11.1 Å². The van der Waals surface area contributed by atoms with Crippen LogP contribution in [-0.2, 0) is 6.54 Å². The summed E-state index contributed by atoms with van der Waals surface area (Å²) in [4.78, 5) is 13.2. The van der Waals surface area contributed by atoms with Crippen molar-refractivity contribution >= 4 is 16.7 Å². The summed E-state index contributed by atoms with van der Waals surface area (Å²) in [6.45, 7) is 4.76. The van der Waals surface area contributed by atoms with Gasteiger partial charge in [-0.3, -0.25) is 4.98 Å². The lowest BCUT2D eigenvalue weighted by Crippen LogP contribution is -2.03. The number of aromatic nitrogens is 3. The molecule has 4 nitrogen and oxygen atoms in total. The number of benzene rings is 2. The van der Waals surface area contributed by atoms with Crippen LogP contribution in [0.25, 0.3) is 22.0 Å². The minimum absolute atomic E-state index is 0.675. The molecule has 0 fully saturated rings. The minimum Gasteiger partial charge on any atom is -0.365 e. The van der Waals surface area contributed by atoms with Crippen LogP contribution in [0.1, 0.15) is 16.8 Å². The molecule has 0 bridgehead atoms. The number of pyridine rings is 1. The third-order valence-electron chi connectivity index (χ3n) is 4.45. The second kappa shape index (κ2) is 6.92. The maximum absolute atomic E-state index is 4.45. The van der Waals surface area contributed by atoms with Gasteiger partial charge in [0.15, 0.2) is 0 Å². The molecule has 0 atom stereocenters. The second-order valence-corrected chi connectivity index (χ2v) is 6.48. The summed E-state index contributed by atoms with van der Waals surface area (Å²) in [6.07, 6.45) is 3.49. The number of nitrogens with zero attached hydrogens (tertiary/aromatic N) is 3. The van der Waals surface area contributed by atoms with E-state index in [2.05, 4.69) is 69.7 Å². The lowest BCUT2D eigenvalue weighted by atomic mass is 10.0. The first-order valence-corrected chi connectivity index (χ1v) is 8.66. The molecule has 0 spiro atoms. The van der Waals surface area contributed by atoms with E-state index in [4.69, 9.17) is 0 Å². The first-order chi connectivity index (χ1) is 12.7. The van der Waals surface area contributed by atoms with Gasteiger partial charge in [-0.15, -0.1) is 0 Å². The standard InChI is InChI=1S/C22H20N4/c1-15-3-7-18(8-4-15)19-9-10-21-20(11-19)22(26-14-25-21)24-13-17-6-5-16(2)23-12-17/h3-12,14H,13H2,1-2H3,(H,24,25,26). The van der Waals surface area contributed by atoms with Gasteiger partial charge in [-0.05, 0) is 48.7 Å². The topological polar surface area (TPSA) is 50.7 Å². The lowest BCUT2D eigenvalue weighted by Gasteiger charge is -2.10. The Labute approximate surface area is 153 Å². The molecule has 0 aliphatic carbocycles. The minimum atomic E-state index is 0.675. The molecule has 128 valence electrons. The monoisotopic (exact) mass is 340 g/mol. The summed E-state index contributed by atoms with van der Waals surface area (Å²) in [7, 11) is 0. The molecule has 4 heteroatoms. The normalized spacial score (nSPS) is 10.8. The average Bonchev–Trinajstić information content (AvgIpc) is 2.68. The van der Waals surface area contributed by atoms with E-state index in [1.54, 1.807) is 6.33 Å². The highest BCUT2D eigenvalue weighted by atomic mass is 15.0. The number of hydrogen-bond acceptors (Lipinski definition) is 4. The van der Waals surface area contributed by atoms with Crippen molar-refractivity contribution < 1.29 is 0 Å². The summed E-state index contributed by atoms with van der Waals surface area (Å²) in [5.74, 6) is 0.838. The Hall–Kier alpha value is -3.27. The molecule has 0 aliphatic heterocycles. The van der Waals surface area contributed by atoms with Crippen molar-refractivity contribution in [3.05, 3.63) is 83.9 Å². The van der Waals surface area contributed by atoms with Crippen LogP contribution in [-0.4, -0.2) is 15.0 Å². The number of rotatable bonds is 4. The zero-order chi connectivity index (χ0) is 17.9. The molecule has 0 unspecified atom stereocenters. The van der Waals surface area contributed by atoms with Crippen molar-refractivity contribution in [2.75, 3.05) is 5.32 Å². The number of anilines is 1. The highest BCUT2D eigenvalue weighted by Crippen LogP contribution is 2.27. The van der Waals surface area contributed by atoms with Gasteiger partial charge in [0.2, 0.25) is 0 Å². The van der Waals surface area contributed by atoms with Gasteiger partial charge in [0, 0.05) is 23.8 Å². The Morgan fingerprint density at radius 1 is 0.808 bits per heavy atom. The third-order valence-corrected chi connectivity index (χ3v) is 4.45. The molecular weight excluding hydrogens is 320 g/mol. The molecule has 2 heterocycles. The molecule has 0 aliphatic rings. The fourth-order valence-electron chi connectivity index (χ4n) is 2.91. The van der Waals surface area contributed by atoms with Crippen LogP contribution >= 0.6 is 0 Å². The average molecular weight is 340 g/mol. The first kappa shape index (κ1) is 16.2. The molecule has 4 aromatic rings. The van der Waals surface area contributed by atoms with E-state index < -0.39 is 0 Å². The first-order valence-electron chi connectivity index (χ1n) is 8.66. The van der Waals surface area contributed by atoms with Crippen LogP contribution in [0.4, 0.5) is 5.82 Å². The Bertz CT molecular complexity index is 1040. The number of fused-ring (bicyclic) bond motifs is 1. The number of aryl methyl sites for hydroxylation is 2. The summed E-state index contributed by atoms with van der Waals surface area (Å²) in [5.41, 5.74) is 6.68. The zero-order valence-electron chi connectivity index (χ0n) is 14.9. The third kappa shape index (κ3) is 3.40. The number of hydrogen-bond donors (Lipinski definition) is 1. The van der Waals surface area contributed by atoms with Crippen molar-refractivity contribution in [1.82, 2.24) is 15.0 Å². The van der Waals surface area contributed by atoms with E-state index in [0.717, 1.165) is 33.5 Å². The van der Waals surface area contributed by atoms with Gasteiger partial charge in [-0.25, -0.2) is 9.97 Å². The Kier molecular flexibility index (Phi) is 4.32. The molecule has 2 aromatic carbocycles. The maximum atomic E-state index is 4.45. The molecule has 0 radical (unpaired) electrons. The van der Waals surface area contributed by atoms with Crippen molar-refractivity contribution in [3.8, 4) is 11.1 Å². The molecular formula is C22H20N4. The smallest absolute Gasteiger partial charge is 0.137 e. The number of nitrogens with one attached hydrogen (secondary N) is 1. The molecule has 0 saturated heterocycles. The highest BCUT2D eigenvalue weighted by molar-refractivity contribution is 5.92. The molecule has 26 heavy (non-hydrogen) atoms. The predicted octanol–water partition coefficient (Wildman–Crippen LogP) is 4.92. The zero-order valence-corrected chi connectivity index (χ0v) is 14.9. The van der Waals surface area contributed by atoms with Crippen LogP contribution in [0.5, 0.6) is 0 Å². The molecule has 2 aromatic heterocycles. The van der Waals surface area contributed by atoms with Crippen molar-refractivity contribution in [2.45, 2.75) is 20.4 Å². The van der Waals surface area contributed by atoms with Gasteiger partial charge >= 0.3 is 0 Å². The van der Waals surface area contributed by atoms with E-state index in [1.807, 2.05) is 25.3 Å². The summed E-state index contributed by atoms with van der Waals surface area (Å²) >= 11 is 0. The van der Waals surface area contributed by atoms with Gasteiger partial charge in [-0.1, -0.05) is 42.0 Å². The van der Waals surface area contributed by atoms with Crippen molar-refractivity contribution in [3.63, 3.8) is 0 Å². The van der Waals surface area contributed by atoms with Crippen LogP contribution in [0, 0.1) is 13.8 Å².